The van der Waals surface area contributed by atoms with Gasteiger partial charge >= 0.3 is 0 Å². The molecule has 35 heavy (non-hydrogen) atoms. The van der Waals surface area contributed by atoms with E-state index in [1.807, 2.05) is 20.8 Å². The summed E-state index contributed by atoms with van der Waals surface area (Å²) in [5.74, 6) is 1.14. The summed E-state index contributed by atoms with van der Waals surface area (Å²) < 4.78 is 48.3. The number of anilines is 1. The van der Waals surface area contributed by atoms with Gasteiger partial charge in [0.1, 0.15) is 18.0 Å². The minimum absolute atomic E-state index is 0.0316. The van der Waals surface area contributed by atoms with Gasteiger partial charge in [-0.15, -0.1) is 10.2 Å². The molecule has 0 aliphatic carbocycles. The van der Waals surface area contributed by atoms with Crippen molar-refractivity contribution >= 4 is 16.0 Å². The van der Waals surface area contributed by atoms with Gasteiger partial charge in [-0.1, -0.05) is 0 Å². The Balaban J connectivity index is 1.69. The molecule has 1 aliphatic rings. The van der Waals surface area contributed by atoms with Crippen LogP contribution >= 0.6 is 0 Å². The Bertz CT molecular complexity index is 1260. The molecule has 0 saturated heterocycles. The lowest BCUT2D eigenvalue weighted by Crippen LogP contribution is -2.34. The van der Waals surface area contributed by atoms with Crippen molar-refractivity contribution in [3.63, 3.8) is 0 Å². The number of nitrogens with zero attached hydrogens (tertiary/aromatic N) is 6. The Hall–Kier alpha value is -3.16. The first-order chi connectivity index (χ1) is 16.7. The normalized spacial score (nSPS) is 17.1. The predicted octanol–water partition coefficient (Wildman–Crippen LogP) is 2.31. The van der Waals surface area contributed by atoms with Gasteiger partial charge in [0.2, 0.25) is 21.9 Å². The van der Waals surface area contributed by atoms with E-state index in [4.69, 9.17) is 14.2 Å². The van der Waals surface area contributed by atoms with Gasteiger partial charge in [-0.2, -0.15) is 0 Å². The van der Waals surface area contributed by atoms with Crippen molar-refractivity contribution in [2.45, 2.75) is 51.2 Å². The van der Waals surface area contributed by atoms with Crippen molar-refractivity contribution < 1.29 is 22.6 Å². The zero-order valence-electron chi connectivity index (χ0n) is 20.2. The summed E-state index contributed by atoms with van der Waals surface area (Å²) in [6.07, 6.45) is 3.92. The monoisotopic (exact) mass is 503 g/mol. The lowest BCUT2D eigenvalue weighted by molar-refractivity contribution is 0.0426. The highest BCUT2D eigenvalue weighted by Gasteiger charge is 2.36. The Labute approximate surface area is 204 Å². The molecular weight excluding hydrogens is 474 g/mol. The zero-order valence-corrected chi connectivity index (χ0v) is 21.1. The van der Waals surface area contributed by atoms with Crippen LogP contribution in [0.4, 0.5) is 5.95 Å². The SMILES string of the molecule is COC(c1ncc(C)cn1)C(C)S(=O)(=O)Nc1nnc2n1[C@H](COC(C)C)COc1ncccc1-2. The van der Waals surface area contributed by atoms with E-state index in [0.717, 1.165) is 5.56 Å². The maximum absolute atomic E-state index is 13.4. The average molecular weight is 504 g/mol. The van der Waals surface area contributed by atoms with Crippen LogP contribution in [0, 0.1) is 6.92 Å². The molecule has 0 saturated carbocycles. The predicted molar refractivity (Wildman–Crippen MR) is 127 cm³/mol. The fourth-order valence-electron chi connectivity index (χ4n) is 3.68. The largest absolute Gasteiger partial charge is 0.475 e. The number of hydrogen-bond donors (Lipinski definition) is 1. The highest BCUT2D eigenvalue weighted by molar-refractivity contribution is 7.93. The van der Waals surface area contributed by atoms with Crippen LogP contribution in [-0.4, -0.2) is 69.8 Å². The molecule has 3 aromatic heterocycles. The molecule has 13 heteroatoms. The molecule has 1 N–H and O–H groups in total. The summed E-state index contributed by atoms with van der Waals surface area (Å²) in [4.78, 5) is 12.8. The molecule has 0 aromatic carbocycles. The van der Waals surface area contributed by atoms with Crippen molar-refractivity contribution in [1.82, 2.24) is 29.7 Å². The van der Waals surface area contributed by atoms with Crippen LogP contribution in [0.1, 0.15) is 44.3 Å². The van der Waals surface area contributed by atoms with Crippen LogP contribution in [0.3, 0.4) is 0 Å². The topological polar surface area (TPSA) is 143 Å². The van der Waals surface area contributed by atoms with E-state index in [9.17, 15) is 8.42 Å². The third-order valence-corrected chi connectivity index (χ3v) is 7.26. The van der Waals surface area contributed by atoms with E-state index < -0.39 is 27.4 Å². The van der Waals surface area contributed by atoms with Crippen LogP contribution in [0.5, 0.6) is 5.88 Å². The first-order valence-corrected chi connectivity index (χ1v) is 12.7. The third-order valence-electron chi connectivity index (χ3n) is 5.57. The first kappa shape index (κ1) is 24.9. The molecule has 4 rings (SSSR count). The average Bonchev–Trinajstić information content (AvgIpc) is 3.15. The van der Waals surface area contributed by atoms with Gasteiger partial charge in [0.25, 0.3) is 0 Å². The molecule has 0 radical (unpaired) electrons. The Morgan fingerprint density at radius 3 is 2.63 bits per heavy atom. The molecule has 0 fully saturated rings. The number of ether oxygens (including phenoxy) is 3. The molecule has 0 spiro atoms. The summed E-state index contributed by atoms with van der Waals surface area (Å²) in [5.41, 5.74) is 1.46. The highest BCUT2D eigenvalue weighted by atomic mass is 32.2. The molecule has 3 aromatic rings. The third kappa shape index (κ3) is 5.26. The second-order valence-electron chi connectivity index (χ2n) is 8.55. The molecule has 188 valence electrons. The summed E-state index contributed by atoms with van der Waals surface area (Å²) in [5, 5.41) is 7.39. The van der Waals surface area contributed by atoms with E-state index >= 15 is 0 Å². The molecule has 4 heterocycles. The van der Waals surface area contributed by atoms with Crippen LogP contribution < -0.4 is 9.46 Å². The summed E-state index contributed by atoms with van der Waals surface area (Å²) >= 11 is 0. The van der Waals surface area contributed by atoms with Gasteiger partial charge in [0, 0.05) is 25.7 Å². The quantitative estimate of drug-likeness (QED) is 0.462. The van der Waals surface area contributed by atoms with Crippen LogP contribution in [0.15, 0.2) is 30.7 Å². The first-order valence-electron chi connectivity index (χ1n) is 11.2. The molecule has 12 nitrogen and oxygen atoms in total. The molecule has 3 atom stereocenters. The van der Waals surface area contributed by atoms with Gasteiger partial charge in [0.15, 0.2) is 11.6 Å². The number of fused-ring (bicyclic) bond motifs is 3. The maximum Gasteiger partial charge on any atom is 0.240 e. The smallest absolute Gasteiger partial charge is 0.240 e. The standard InChI is InChI=1S/C22H29N7O5S/c1-13(2)33-11-16-12-34-21-17(7-6-8-23-21)20-26-27-22(29(16)20)28-35(30,31)15(4)18(32-5)19-24-9-14(3)10-25-19/h6-10,13,15-16,18H,11-12H2,1-5H3,(H,27,28)/t15?,16-,18?/m1/s1. The second kappa shape index (κ2) is 10.2. The van der Waals surface area contributed by atoms with E-state index in [0.29, 0.717) is 17.3 Å². The van der Waals surface area contributed by atoms with Crippen LogP contribution in [0.25, 0.3) is 11.4 Å². The number of sulfonamides is 1. The number of nitrogens with one attached hydrogen (secondary N) is 1. The molecule has 0 amide bonds. The molecule has 1 aliphatic heterocycles. The van der Waals surface area contributed by atoms with Gasteiger partial charge in [-0.25, -0.2) is 23.4 Å². The van der Waals surface area contributed by atoms with E-state index in [-0.39, 0.29) is 31.1 Å². The maximum atomic E-state index is 13.4. The number of pyridine rings is 1. The fraction of sp³-hybridized carbons (Fsp3) is 0.500. The summed E-state index contributed by atoms with van der Waals surface area (Å²) in [6.45, 7) is 7.68. The fourth-order valence-corrected chi connectivity index (χ4v) is 4.82. The number of rotatable bonds is 9. The van der Waals surface area contributed by atoms with Crippen LogP contribution in [-0.2, 0) is 19.5 Å². The van der Waals surface area contributed by atoms with E-state index in [2.05, 4.69) is 29.9 Å². The Morgan fingerprint density at radius 2 is 1.94 bits per heavy atom. The number of aromatic nitrogens is 6. The van der Waals surface area contributed by atoms with Crippen molar-refractivity contribution in [1.29, 1.82) is 0 Å². The van der Waals surface area contributed by atoms with E-state index in [1.165, 1.54) is 14.0 Å². The van der Waals surface area contributed by atoms with Gasteiger partial charge in [-0.3, -0.25) is 9.29 Å². The van der Waals surface area contributed by atoms with Crippen molar-refractivity contribution in [2.75, 3.05) is 25.0 Å². The zero-order chi connectivity index (χ0) is 25.2. The number of aryl methyl sites for hydroxylation is 1. The molecule has 0 bridgehead atoms. The second-order valence-corrected chi connectivity index (χ2v) is 10.6. The number of hydrogen-bond acceptors (Lipinski definition) is 10. The minimum atomic E-state index is -4.01. The minimum Gasteiger partial charge on any atom is -0.475 e. The lowest BCUT2D eigenvalue weighted by Gasteiger charge is -2.24. The van der Waals surface area contributed by atoms with Gasteiger partial charge in [-0.05, 0) is 45.4 Å². The molecular formula is C22H29N7O5S. The molecule has 2 unspecified atom stereocenters. The van der Waals surface area contributed by atoms with Gasteiger partial charge in [0.05, 0.1) is 24.3 Å². The number of methoxy groups -OCH3 is 1. The van der Waals surface area contributed by atoms with Crippen molar-refractivity contribution in [2.24, 2.45) is 0 Å². The van der Waals surface area contributed by atoms with Gasteiger partial charge < -0.3 is 14.2 Å². The Morgan fingerprint density at radius 1 is 1.20 bits per heavy atom. The van der Waals surface area contributed by atoms with Crippen molar-refractivity contribution in [3.8, 4) is 17.3 Å². The lowest BCUT2D eigenvalue weighted by atomic mass is 10.2. The summed E-state index contributed by atoms with van der Waals surface area (Å²) in [7, 11) is -2.59. The van der Waals surface area contributed by atoms with Crippen LogP contribution in [0.2, 0.25) is 0 Å². The Kier molecular flexibility index (Phi) is 7.28. The van der Waals surface area contributed by atoms with E-state index in [1.54, 1.807) is 35.3 Å². The highest BCUT2D eigenvalue weighted by Crippen LogP contribution is 2.35. The summed E-state index contributed by atoms with van der Waals surface area (Å²) in [6, 6.07) is 3.15. The van der Waals surface area contributed by atoms with Crippen molar-refractivity contribution in [3.05, 3.63) is 42.1 Å².